The zero-order valence-electron chi connectivity index (χ0n) is 17.2. The molecular formula is C22H33N3O2S. The largest absolute Gasteiger partial charge is 0.333 e. The molecule has 1 aromatic rings. The number of nitrogens with zero attached hydrogens (tertiary/aromatic N) is 2. The topological polar surface area (TPSA) is 62.3 Å². The fourth-order valence-corrected chi connectivity index (χ4v) is 6.96. The second kappa shape index (κ2) is 8.13. The number of anilines is 1. The minimum Gasteiger partial charge on any atom is -0.333 e. The molecule has 0 aromatic carbocycles. The first-order valence-corrected chi connectivity index (χ1v) is 11.9. The van der Waals surface area contributed by atoms with Crippen molar-refractivity contribution in [2.45, 2.75) is 71.6 Å². The van der Waals surface area contributed by atoms with Crippen LogP contribution in [0.1, 0.15) is 70.4 Å². The van der Waals surface area contributed by atoms with Gasteiger partial charge in [0.2, 0.25) is 11.8 Å². The van der Waals surface area contributed by atoms with Gasteiger partial charge in [0, 0.05) is 11.9 Å². The van der Waals surface area contributed by atoms with Crippen molar-refractivity contribution in [3.05, 3.63) is 11.1 Å². The molecule has 5 nitrogen and oxygen atoms in total. The molecule has 1 aromatic heterocycles. The van der Waals surface area contributed by atoms with Gasteiger partial charge in [-0.1, -0.05) is 19.8 Å². The summed E-state index contributed by atoms with van der Waals surface area (Å²) >= 11 is 1.44. The molecule has 4 saturated carbocycles. The summed E-state index contributed by atoms with van der Waals surface area (Å²) in [6.45, 7) is 4.93. The van der Waals surface area contributed by atoms with E-state index in [1.807, 2.05) is 17.2 Å². The maximum atomic E-state index is 13.7. The lowest BCUT2D eigenvalue weighted by Crippen LogP contribution is -2.55. The number of unbranched alkanes of at least 4 members (excludes halogenated alkanes) is 2. The fourth-order valence-electron chi connectivity index (χ4n) is 6.26. The Morgan fingerprint density at radius 3 is 2.36 bits per heavy atom. The van der Waals surface area contributed by atoms with Crippen molar-refractivity contribution >= 4 is 28.3 Å². The van der Waals surface area contributed by atoms with Gasteiger partial charge < -0.3 is 10.2 Å². The van der Waals surface area contributed by atoms with E-state index in [4.69, 9.17) is 0 Å². The van der Waals surface area contributed by atoms with Gasteiger partial charge in [-0.05, 0) is 69.6 Å². The quantitative estimate of drug-likeness (QED) is 0.644. The van der Waals surface area contributed by atoms with Crippen LogP contribution < -0.4 is 5.32 Å². The number of hydrogen-bond acceptors (Lipinski definition) is 4. The predicted molar refractivity (Wildman–Crippen MR) is 112 cm³/mol. The fraction of sp³-hybridized carbons (Fsp3) is 0.773. The molecule has 4 bridgehead atoms. The summed E-state index contributed by atoms with van der Waals surface area (Å²) in [4.78, 5) is 32.6. The molecule has 0 saturated heterocycles. The Morgan fingerprint density at radius 1 is 1.18 bits per heavy atom. The first kappa shape index (κ1) is 19.9. The molecule has 4 aliphatic rings. The Labute approximate surface area is 172 Å². The summed E-state index contributed by atoms with van der Waals surface area (Å²) in [7, 11) is 0. The molecule has 0 atom stereocenters. The van der Waals surface area contributed by atoms with E-state index < -0.39 is 0 Å². The van der Waals surface area contributed by atoms with Gasteiger partial charge in [0.15, 0.2) is 5.13 Å². The van der Waals surface area contributed by atoms with Gasteiger partial charge in [0.05, 0.1) is 17.7 Å². The number of nitrogens with one attached hydrogen (secondary N) is 1. The van der Waals surface area contributed by atoms with Crippen molar-refractivity contribution in [1.82, 2.24) is 9.88 Å². The SMILES string of the molecule is CCCCCN(CC(=O)Nc1nc(C)cs1)C(=O)C12CC3CC(CC(C3)C1)C2. The number of carbonyl (C=O) groups is 2. The Balaban J connectivity index is 1.45. The molecular weight excluding hydrogens is 370 g/mol. The van der Waals surface area contributed by atoms with Crippen LogP contribution in [0.3, 0.4) is 0 Å². The van der Waals surface area contributed by atoms with E-state index in [1.54, 1.807) is 0 Å². The third-order valence-electron chi connectivity index (χ3n) is 7.01. The zero-order valence-corrected chi connectivity index (χ0v) is 18.0. The second-order valence-corrected chi connectivity index (χ2v) is 10.3. The highest BCUT2D eigenvalue weighted by atomic mass is 32.1. The number of aryl methyl sites for hydroxylation is 1. The van der Waals surface area contributed by atoms with Crippen LogP contribution in [-0.2, 0) is 9.59 Å². The monoisotopic (exact) mass is 403 g/mol. The van der Waals surface area contributed by atoms with Crippen LogP contribution >= 0.6 is 11.3 Å². The predicted octanol–water partition coefficient (Wildman–Crippen LogP) is 4.63. The molecule has 6 heteroatoms. The third kappa shape index (κ3) is 4.12. The van der Waals surface area contributed by atoms with Crippen molar-refractivity contribution in [2.24, 2.45) is 23.2 Å². The van der Waals surface area contributed by atoms with Gasteiger partial charge in [-0.2, -0.15) is 0 Å². The summed E-state index contributed by atoms with van der Waals surface area (Å²) in [6, 6.07) is 0. The van der Waals surface area contributed by atoms with Gasteiger partial charge >= 0.3 is 0 Å². The van der Waals surface area contributed by atoms with Crippen LogP contribution in [0.2, 0.25) is 0 Å². The summed E-state index contributed by atoms with van der Waals surface area (Å²) in [5, 5.41) is 5.44. The third-order valence-corrected chi connectivity index (χ3v) is 7.89. The Bertz CT molecular complexity index is 694. The van der Waals surface area contributed by atoms with Crippen molar-refractivity contribution in [2.75, 3.05) is 18.4 Å². The van der Waals surface area contributed by atoms with Crippen molar-refractivity contribution < 1.29 is 9.59 Å². The molecule has 5 rings (SSSR count). The van der Waals surface area contributed by atoms with E-state index in [9.17, 15) is 9.59 Å². The lowest BCUT2D eigenvalue weighted by molar-refractivity contribution is -0.158. The summed E-state index contributed by atoms with van der Waals surface area (Å²) in [5.41, 5.74) is 0.726. The van der Waals surface area contributed by atoms with Gasteiger partial charge in [-0.15, -0.1) is 11.3 Å². The molecule has 154 valence electrons. The summed E-state index contributed by atoms with van der Waals surface area (Å²) in [6.07, 6.45) is 10.3. The highest BCUT2D eigenvalue weighted by molar-refractivity contribution is 7.13. The van der Waals surface area contributed by atoms with E-state index in [-0.39, 0.29) is 23.8 Å². The first-order chi connectivity index (χ1) is 13.5. The minimum absolute atomic E-state index is 0.121. The second-order valence-electron chi connectivity index (χ2n) is 9.47. The number of thiazole rings is 1. The maximum Gasteiger partial charge on any atom is 0.245 e. The molecule has 28 heavy (non-hydrogen) atoms. The van der Waals surface area contributed by atoms with Gasteiger partial charge in [-0.25, -0.2) is 4.98 Å². The van der Waals surface area contributed by atoms with Gasteiger partial charge in [0.25, 0.3) is 0 Å². The average molecular weight is 404 g/mol. The van der Waals surface area contributed by atoms with Crippen LogP contribution in [0, 0.1) is 30.1 Å². The molecule has 4 aliphatic carbocycles. The van der Waals surface area contributed by atoms with E-state index in [0.29, 0.717) is 11.7 Å². The van der Waals surface area contributed by atoms with E-state index in [2.05, 4.69) is 17.2 Å². The van der Waals surface area contributed by atoms with Crippen LogP contribution in [0.15, 0.2) is 5.38 Å². The standard InChI is InChI=1S/C22H33N3O2S/c1-3-4-5-6-25(13-19(26)24-21-23-15(2)14-28-21)20(27)22-10-16-7-17(11-22)9-18(8-16)12-22/h14,16-18H,3-13H2,1-2H3,(H,23,24,26). The maximum absolute atomic E-state index is 13.7. The van der Waals surface area contributed by atoms with Crippen LogP contribution in [0.5, 0.6) is 0 Å². The number of carbonyl (C=O) groups excluding carboxylic acids is 2. The average Bonchev–Trinajstić information content (AvgIpc) is 3.04. The van der Waals surface area contributed by atoms with E-state index >= 15 is 0 Å². The smallest absolute Gasteiger partial charge is 0.245 e. The van der Waals surface area contributed by atoms with Crippen molar-refractivity contribution in [3.8, 4) is 0 Å². The van der Waals surface area contributed by atoms with Crippen LogP contribution in [-0.4, -0.2) is 34.8 Å². The highest BCUT2D eigenvalue weighted by Gasteiger charge is 2.55. The number of rotatable bonds is 8. The lowest BCUT2D eigenvalue weighted by atomic mass is 9.49. The molecule has 0 aliphatic heterocycles. The number of hydrogen-bond donors (Lipinski definition) is 1. The molecule has 1 heterocycles. The molecule has 4 fully saturated rings. The first-order valence-electron chi connectivity index (χ1n) is 11.0. The Kier molecular flexibility index (Phi) is 5.77. The minimum atomic E-state index is -0.182. The zero-order chi connectivity index (χ0) is 19.7. The molecule has 0 radical (unpaired) electrons. The van der Waals surface area contributed by atoms with Crippen molar-refractivity contribution in [3.63, 3.8) is 0 Å². The number of amides is 2. The molecule has 0 spiro atoms. The van der Waals surface area contributed by atoms with Crippen molar-refractivity contribution in [1.29, 1.82) is 0 Å². The van der Waals surface area contributed by atoms with Gasteiger partial charge in [-0.3, -0.25) is 9.59 Å². The van der Waals surface area contributed by atoms with Gasteiger partial charge in [0.1, 0.15) is 0 Å². The Morgan fingerprint density at radius 2 is 1.82 bits per heavy atom. The lowest BCUT2D eigenvalue weighted by Gasteiger charge is -2.56. The van der Waals surface area contributed by atoms with E-state index in [1.165, 1.54) is 30.6 Å². The normalized spacial score (nSPS) is 30.4. The van der Waals surface area contributed by atoms with Crippen LogP contribution in [0.4, 0.5) is 5.13 Å². The molecule has 1 N–H and O–H groups in total. The Hall–Kier alpha value is -1.43. The molecule has 2 amide bonds. The molecule has 0 unspecified atom stereocenters. The highest BCUT2D eigenvalue weighted by Crippen LogP contribution is 2.60. The summed E-state index contributed by atoms with van der Waals surface area (Å²) < 4.78 is 0. The van der Waals surface area contributed by atoms with E-state index in [0.717, 1.165) is 62.0 Å². The number of aromatic nitrogens is 1. The van der Waals surface area contributed by atoms with Crippen LogP contribution in [0.25, 0.3) is 0 Å². The summed E-state index contributed by atoms with van der Waals surface area (Å²) in [5.74, 6) is 2.34.